The quantitative estimate of drug-likeness (QED) is 0.857. The third kappa shape index (κ3) is 2.33. The van der Waals surface area contributed by atoms with Crippen LogP contribution in [-0.2, 0) is 13.6 Å². The van der Waals surface area contributed by atoms with Gasteiger partial charge in [-0.2, -0.15) is 5.10 Å². The third-order valence-corrected chi connectivity index (χ3v) is 2.68. The second-order valence-electron chi connectivity index (χ2n) is 4.03. The highest BCUT2D eigenvalue weighted by Gasteiger charge is 2.09. The van der Waals surface area contributed by atoms with Gasteiger partial charge >= 0.3 is 0 Å². The Morgan fingerprint density at radius 2 is 2.38 bits per heavy atom. The molecule has 4 nitrogen and oxygen atoms in total. The van der Waals surface area contributed by atoms with E-state index >= 15 is 0 Å². The molecule has 0 aliphatic heterocycles. The number of hydrogen-bond acceptors (Lipinski definition) is 3. The van der Waals surface area contributed by atoms with Crippen molar-refractivity contribution in [2.45, 2.75) is 26.4 Å². The van der Waals surface area contributed by atoms with Crippen molar-refractivity contribution in [3.05, 3.63) is 41.6 Å². The van der Waals surface area contributed by atoms with E-state index in [9.17, 15) is 0 Å². The first-order valence-electron chi connectivity index (χ1n) is 5.42. The highest BCUT2D eigenvalue weighted by Crippen LogP contribution is 2.13. The van der Waals surface area contributed by atoms with Crippen LogP contribution in [0.1, 0.15) is 30.0 Å². The first-order chi connectivity index (χ1) is 7.66. The summed E-state index contributed by atoms with van der Waals surface area (Å²) < 4.78 is 7.17. The molecule has 0 aromatic carbocycles. The molecule has 4 heteroatoms. The summed E-state index contributed by atoms with van der Waals surface area (Å²) in [4.78, 5) is 0. The number of aromatic nitrogens is 2. The van der Waals surface area contributed by atoms with Gasteiger partial charge in [0.15, 0.2) is 0 Å². The minimum atomic E-state index is 0.217. The number of nitrogens with one attached hydrogen (secondary N) is 1. The van der Waals surface area contributed by atoms with Crippen LogP contribution in [0, 0.1) is 6.92 Å². The van der Waals surface area contributed by atoms with E-state index in [2.05, 4.69) is 17.3 Å². The maximum absolute atomic E-state index is 5.34. The Bertz CT molecular complexity index is 445. The second kappa shape index (κ2) is 4.53. The lowest BCUT2D eigenvalue weighted by molar-refractivity contribution is 0.430. The standard InChI is InChI=1S/C12H17N3O/c1-9-11(8-15(3)14-9)7-13-10(2)12-5-4-6-16-12/h4-6,8,10,13H,7H2,1-3H3. The smallest absolute Gasteiger partial charge is 0.120 e. The monoisotopic (exact) mass is 219 g/mol. The lowest BCUT2D eigenvalue weighted by Crippen LogP contribution is -2.17. The summed E-state index contributed by atoms with van der Waals surface area (Å²) in [7, 11) is 1.94. The van der Waals surface area contributed by atoms with Crippen molar-refractivity contribution in [1.29, 1.82) is 0 Å². The van der Waals surface area contributed by atoms with Gasteiger partial charge in [-0.15, -0.1) is 0 Å². The SMILES string of the molecule is Cc1nn(C)cc1CNC(C)c1ccco1. The summed E-state index contributed by atoms with van der Waals surface area (Å²) >= 11 is 0. The molecule has 2 aromatic heterocycles. The van der Waals surface area contributed by atoms with Crippen LogP contribution in [0.25, 0.3) is 0 Å². The van der Waals surface area contributed by atoms with Crippen molar-refractivity contribution in [3.63, 3.8) is 0 Å². The van der Waals surface area contributed by atoms with Crippen molar-refractivity contribution >= 4 is 0 Å². The molecule has 1 unspecified atom stereocenters. The Hall–Kier alpha value is -1.55. The van der Waals surface area contributed by atoms with Crippen molar-refractivity contribution < 1.29 is 4.42 Å². The topological polar surface area (TPSA) is 43.0 Å². The summed E-state index contributed by atoms with van der Waals surface area (Å²) in [5.41, 5.74) is 2.29. The molecular weight excluding hydrogens is 202 g/mol. The van der Waals surface area contributed by atoms with Crippen LogP contribution >= 0.6 is 0 Å². The van der Waals surface area contributed by atoms with E-state index in [1.54, 1.807) is 6.26 Å². The summed E-state index contributed by atoms with van der Waals surface area (Å²) in [6.45, 7) is 4.92. The fourth-order valence-electron chi connectivity index (χ4n) is 1.72. The summed E-state index contributed by atoms with van der Waals surface area (Å²) in [5, 5.41) is 7.71. The van der Waals surface area contributed by atoms with Gasteiger partial charge in [-0.3, -0.25) is 4.68 Å². The lowest BCUT2D eigenvalue weighted by atomic mass is 10.2. The molecule has 0 amide bonds. The first kappa shape index (κ1) is 11.0. The lowest BCUT2D eigenvalue weighted by Gasteiger charge is -2.10. The normalized spacial score (nSPS) is 12.9. The molecule has 0 saturated carbocycles. The van der Waals surface area contributed by atoms with Crippen LogP contribution in [0.5, 0.6) is 0 Å². The van der Waals surface area contributed by atoms with Crippen molar-refractivity contribution in [3.8, 4) is 0 Å². The summed E-state index contributed by atoms with van der Waals surface area (Å²) in [6.07, 6.45) is 3.74. The van der Waals surface area contributed by atoms with Gasteiger partial charge in [0.05, 0.1) is 18.0 Å². The van der Waals surface area contributed by atoms with Gasteiger partial charge in [-0.25, -0.2) is 0 Å². The second-order valence-corrected chi connectivity index (χ2v) is 4.03. The molecule has 2 heterocycles. The molecule has 0 spiro atoms. The minimum absolute atomic E-state index is 0.217. The van der Waals surface area contributed by atoms with Crippen LogP contribution in [-0.4, -0.2) is 9.78 Å². The Labute approximate surface area is 95.3 Å². The van der Waals surface area contributed by atoms with Crippen molar-refractivity contribution in [2.24, 2.45) is 7.05 Å². The first-order valence-corrected chi connectivity index (χ1v) is 5.42. The molecular formula is C12H17N3O. The van der Waals surface area contributed by atoms with Crippen LogP contribution in [0.15, 0.2) is 29.0 Å². The molecule has 86 valence electrons. The van der Waals surface area contributed by atoms with E-state index in [1.165, 1.54) is 5.56 Å². The zero-order chi connectivity index (χ0) is 11.5. The van der Waals surface area contributed by atoms with Gasteiger partial charge in [0.25, 0.3) is 0 Å². The third-order valence-electron chi connectivity index (χ3n) is 2.68. The van der Waals surface area contributed by atoms with E-state index in [4.69, 9.17) is 4.42 Å². The van der Waals surface area contributed by atoms with E-state index < -0.39 is 0 Å². The van der Waals surface area contributed by atoms with E-state index in [0.717, 1.165) is 18.0 Å². The largest absolute Gasteiger partial charge is 0.468 e. The van der Waals surface area contributed by atoms with Crippen molar-refractivity contribution in [2.75, 3.05) is 0 Å². The maximum atomic E-state index is 5.34. The molecule has 0 bridgehead atoms. The predicted molar refractivity (Wildman–Crippen MR) is 61.9 cm³/mol. The molecule has 0 aliphatic carbocycles. The van der Waals surface area contributed by atoms with Gasteiger partial charge in [0, 0.05) is 25.4 Å². The van der Waals surface area contributed by atoms with Crippen molar-refractivity contribution in [1.82, 2.24) is 15.1 Å². The molecule has 1 atom stereocenters. The van der Waals surface area contributed by atoms with E-state index in [0.29, 0.717) is 0 Å². The maximum Gasteiger partial charge on any atom is 0.120 e. The molecule has 0 radical (unpaired) electrons. The van der Waals surface area contributed by atoms with Gasteiger partial charge in [0.1, 0.15) is 5.76 Å². The van der Waals surface area contributed by atoms with Gasteiger partial charge in [-0.1, -0.05) is 0 Å². The van der Waals surface area contributed by atoms with Gasteiger partial charge < -0.3 is 9.73 Å². The molecule has 0 aliphatic rings. The van der Waals surface area contributed by atoms with Crippen LogP contribution < -0.4 is 5.32 Å². The van der Waals surface area contributed by atoms with Gasteiger partial charge in [0.2, 0.25) is 0 Å². The van der Waals surface area contributed by atoms with E-state index in [1.807, 2.05) is 37.0 Å². The molecule has 2 aromatic rings. The Morgan fingerprint density at radius 1 is 1.56 bits per heavy atom. The molecule has 2 rings (SSSR count). The Kier molecular flexibility index (Phi) is 3.10. The van der Waals surface area contributed by atoms with Crippen LogP contribution in [0.3, 0.4) is 0 Å². The zero-order valence-electron chi connectivity index (χ0n) is 9.90. The Balaban J connectivity index is 1.95. The Morgan fingerprint density at radius 3 is 2.94 bits per heavy atom. The van der Waals surface area contributed by atoms with Crippen LogP contribution in [0.2, 0.25) is 0 Å². The highest BCUT2D eigenvalue weighted by atomic mass is 16.3. The number of nitrogens with zero attached hydrogens (tertiary/aromatic N) is 2. The molecule has 16 heavy (non-hydrogen) atoms. The predicted octanol–water partition coefficient (Wildman–Crippen LogP) is 2.17. The number of aryl methyl sites for hydroxylation is 2. The average Bonchev–Trinajstić information content (AvgIpc) is 2.84. The highest BCUT2D eigenvalue weighted by molar-refractivity contribution is 5.15. The van der Waals surface area contributed by atoms with Gasteiger partial charge in [-0.05, 0) is 26.0 Å². The fourth-order valence-corrected chi connectivity index (χ4v) is 1.72. The number of rotatable bonds is 4. The molecule has 1 N–H and O–H groups in total. The minimum Gasteiger partial charge on any atom is -0.468 e. The summed E-state index contributed by atoms with van der Waals surface area (Å²) in [6, 6.07) is 4.10. The summed E-state index contributed by atoms with van der Waals surface area (Å²) in [5.74, 6) is 0.960. The van der Waals surface area contributed by atoms with E-state index in [-0.39, 0.29) is 6.04 Å². The van der Waals surface area contributed by atoms with Crippen LogP contribution in [0.4, 0.5) is 0 Å². The molecule has 0 fully saturated rings. The fraction of sp³-hybridized carbons (Fsp3) is 0.417. The number of furan rings is 1. The zero-order valence-corrected chi connectivity index (χ0v) is 9.90. The molecule has 0 saturated heterocycles. The average molecular weight is 219 g/mol. The number of hydrogen-bond donors (Lipinski definition) is 1.